The van der Waals surface area contributed by atoms with Gasteiger partial charge in [-0.1, -0.05) is 0 Å². The van der Waals surface area contributed by atoms with Crippen molar-refractivity contribution in [2.45, 2.75) is 17.1 Å². The van der Waals surface area contributed by atoms with Crippen molar-refractivity contribution in [1.82, 2.24) is 35.2 Å². The van der Waals surface area contributed by atoms with Crippen LogP contribution in [0.1, 0.15) is 5.69 Å². The first-order valence-electron chi connectivity index (χ1n) is 4.94. The van der Waals surface area contributed by atoms with Gasteiger partial charge in [-0.25, -0.2) is 14.6 Å². The number of rotatable bonds is 2. The zero-order valence-electron chi connectivity index (χ0n) is 9.25. The van der Waals surface area contributed by atoms with Gasteiger partial charge in [0.05, 0.1) is 5.39 Å². The number of hydrogen-bond donors (Lipinski definition) is 1. The summed E-state index contributed by atoms with van der Waals surface area (Å²) in [6, 6.07) is 2.02. The van der Waals surface area contributed by atoms with Crippen molar-refractivity contribution >= 4 is 22.8 Å². The third-order valence-corrected chi connectivity index (χ3v) is 3.34. The van der Waals surface area contributed by atoms with Crippen LogP contribution in [0.25, 0.3) is 11.0 Å². The Morgan fingerprint density at radius 1 is 1.35 bits per heavy atom. The summed E-state index contributed by atoms with van der Waals surface area (Å²) in [6.45, 7) is 1.99. The average Bonchev–Trinajstić information content (AvgIpc) is 2.85. The Morgan fingerprint density at radius 3 is 3.00 bits per heavy atom. The van der Waals surface area contributed by atoms with Crippen molar-refractivity contribution < 1.29 is 0 Å². The first kappa shape index (κ1) is 10.2. The molecule has 17 heavy (non-hydrogen) atoms. The number of H-pyrrole nitrogens is 1. The summed E-state index contributed by atoms with van der Waals surface area (Å²) in [7, 11) is 1.79. The lowest BCUT2D eigenvalue weighted by Gasteiger charge is -1.99. The summed E-state index contributed by atoms with van der Waals surface area (Å²) in [5, 5.41) is 13.8. The highest BCUT2D eigenvalue weighted by Gasteiger charge is 2.11. The zero-order chi connectivity index (χ0) is 11.8. The summed E-state index contributed by atoms with van der Waals surface area (Å²) in [5.74, 6) is 0. The molecule has 3 rings (SSSR count). The van der Waals surface area contributed by atoms with Crippen molar-refractivity contribution in [3.8, 4) is 0 Å². The monoisotopic (exact) mass is 247 g/mol. The fourth-order valence-electron chi connectivity index (χ4n) is 1.52. The van der Waals surface area contributed by atoms with Crippen LogP contribution in [0.15, 0.2) is 22.6 Å². The van der Waals surface area contributed by atoms with Crippen LogP contribution in [0.2, 0.25) is 0 Å². The van der Waals surface area contributed by atoms with Gasteiger partial charge in [-0.3, -0.25) is 0 Å². The van der Waals surface area contributed by atoms with E-state index in [-0.39, 0.29) is 0 Å². The maximum absolute atomic E-state index is 4.26. The second-order valence-electron chi connectivity index (χ2n) is 3.58. The van der Waals surface area contributed by atoms with E-state index >= 15 is 0 Å². The molecule has 3 aromatic rings. The van der Waals surface area contributed by atoms with E-state index in [1.165, 1.54) is 18.1 Å². The molecule has 0 saturated heterocycles. The van der Waals surface area contributed by atoms with Crippen LogP contribution in [0, 0.1) is 6.92 Å². The molecule has 0 saturated carbocycles. The number of aromatic amines is 1. The van der Waals surface area contributed by atoms with Gasteiger partial charge in [-0.2, -0.15) is 0 Å². The molecule has 0 atom stereocenters. The molecule has 0 aliphatic rings. The molecule has 0 spiro atoms. The molecule has 1 N–H and O–H groups in total. The van der Waals surface area contributed by atoms with Crippen LogP contribution in [0.4, 0.5) is 0 Å². The van der Waals surface area contributed by atoms with E-state index in [0.717, 1.165) is 21.8 Å². The molecule has 0 fully saturated rings. The van der Waals surface area contributed by atoms with Crippen molar-refractivity contribution in [3.63, 3.8) is 0 Å². The topological polar surface area (TPSA) is 85.2 Å². The standard InChI is InChI=1S/C9H9N7S/c1-5-3-6-7(12-5)10-4-11-8(6)17-9-13-14-15-16(9)2/h3-4H,1-2H3,(H,10,11,12). The molecule has 0 aliphatic heterocycles. The molecule has 0 radical (unpaired) electrons. The number of nitrogens with one attached hydrogen (secondary N) is 1. The minimum Gasteiger partial charge on any atom is -0.343 e. The maximum Gasteiger partial charge on any atom is 0.215 e. The van der Waals surface area contributed by atoms with Crippen molar-refractivity contribution in [1.29, 1.82) is 0 Å². The lowest BCUT2D eigenvalue weighted by molar-refractivity contribution is 0.664. The van der Waals surface area contributed by atoms with Crippen molar-refractivity contribution in [3.05, 3.63) is 18.1 Å². The van der Waals surface area contributed by atoms with Crippen LogP contribution in [-0.4, -0.2) is 35.2 Å². The highest BCUT2D eigenvalue weighted by Crippen LogP contribution is 2.29. The van der Waals surface area contributed by atoms with Gasteiger partial charge < -0.3 is 4.98 Å². The molecule has 0 amide bonds. The number of fused-ring (bicyclic) bond motifs is 1. The van der Waals surface area contributed by atoms with Crippen LogP contribution in [0.3, 0.4) is 0 Å². The highest BCUT2D eigenvalue weighted by molar-refractivity contribution is 7.99. The molecule has 0 bridgehead atoms. The van der Waals surface area contributed by atoms with E-state index in [4.69, 9.17) is 0 Å². The lowest BCUT2D eigenvalue weighted by Crippen LogP contribution is -1.93. The highest BCUT2D eigenvalue weighted by atomic mass is 32.2. The Hall–Kier alpha value is -1.96. The fraction of sp³-hybridized carbons (Fsp3) is 0.222. The third-order valence-electron chi connectivity index (χ3n) is 2.29. The largest absolute Gasteiger partial charge is 0.343 e. The summed E-state index contributed by atoms with van der Waals surface area (Å²) < 4.78 is 1.61. The van der Waals surface area contributed by atoms with Crippen LogP contribution >= 0.6 is 11.8 Å². The Kier molecular flexibility index (Phi) is 2.29. The second kappa shape index (κ2) is 3.81. The quantitative estimate of drug-likeness (QED) is 0.678. The van der Waals surface area contributed by atoms with E-state index in [1.54, 1.807) is 11.7 Å². The molecule has 0 aliphatic carbocycles. The SMILES string of the molecule is Cc1cc2c(Sc3nnnn3C)ncnc2[nH]1. The number of aromatic nitrogens is 7. The molecular formula is C9H9N7S. The number of tetrazole rings is 1. The molecule has 86 valence electrons. The molecule has 0 aromatic carbocycles. The zero-order valence-corrected chi connectivity index (χ0v) is 10.1. The second-order valence-corrected chi connectivity index (χ2v) is 4.54. The predicted molar refractivity (Wildman–Crippen MR) is 61.5 cm³/mol. The van der Waals surface area contributed by atoms with Crippen LogP contribution in [-0.2, 0) is 7.05 Å². The molecule has 7 nitrogen and oxygen atoms in total. The maximum atomic E-state index is 4.26. The van der Waals surface area contributed by atoms with Gasteiger partial charge in [0.1, 0.15) is 17.0 Å². The predicted octanol–water partition coefficient (Wildman–Crippen LogP) is 0.941. The summed E-state index contributed by atoms with van der Waals surface area (Å²) in [5.41, 5.74) is 1.88. The van der Waals surface area contributed by atoms with Crippen LogP contribution < -0.4 is 0 Å². The van der Waals surface area contributed by atoms with Crippen LogP contribution in [0.5, 0.6) is 0 Å². The van der Waals surface area contributed by atoms with Crippen molar-refractivity contribution in [2.24, 2.45) is 7.05 Å². The van der Waals surface area contributed by atoms with Crippen molar-refractivity contribution in [2.75, 3.05) is 0 Å². The first-order valence-corrected chi connectivity index (χ1v) is 5.76. The Labute approximate surface area is 101 Å². The van der Waals surface area contributed by atoms with Gasteiger partial charge in [-0.15, -0.1) is 5.10 Å². The minimum atomic E-state index is 0.698. The fourth-order valence-corrected chi connectivity index (χ4v) is 2.31. The van der Waals surface area contributed by atoms with Gasteiger partial charge in [0, 0.05) is 12.7 Å². The summed E-state index contributed by atoms with van der Waals surface area (Å²) >= 11 is 1.42. The van der Waals surface area contributed by atoms with Gasteiger partial charge >= 0.3 is 0 Å². The van der Waals surface area contributed by atoms with E-state index in [9.17, 15) is 0 Å². The summed E-state index contributed by atoms with van der Waals surface area (Å²) in [4.78, 5) is 11.6. The van der Waals surface area contributed by atoms with E-state index in [1.807, 2.05) is 13.0 Å². The number of hydrogen-bond acceptors (Lipinski definition) is 6. The average molecular weight is 247 g/mol. The third kappa shape index (κ3) is 1.76. The Morgan fingerprint density at radius 2 is 2.24 bits per heavy atom. The molecular weight excluding hydrogens is 238 g/mol. The molecule has 0 unspecified atom stereocenters. The molecule has 8 heteroatoms. The van der Waals surface area contributed by atoms with E-state index in [0.29, 0.717) is 5.16 Å². The molecule has 3 aromatic heterocycles. The first-order chi connectivity index (χ1) is 8.24. The lowest BCUT2D eigenvalue weighted by atomic mass is 10.4. The van der Waals surface area contributed by atoms with E-state index < -0.39 is 0 Å². The normalized spacial score (nSPS) is 11.2. The number of aryl methyl sites for hydroxylation is 2. The Bertz CT molecular complexity index is 671. The smallest absolute Gasteiger partial charge is 0.215 e. The van der Waals surface area contributed by atoms with Gasteiger partial charge in [0.25, 0.3) is 0 Å². The summed E-state index contributed by atoms with van der Waals surface area (Å²) in [6.07, 6.45) is 1.53. The van der Waals surface area contributed by atoms with Gasteiger partial charge in [0.2, 0.25) is 5.16 Å². The molecule has 3 heterocycles. The number of nitrogens with zero attached hydrogens (tertiary/aromatic N) is 6. The Balaban J connectivity index is 2.08. The van der Waals surface area contributed by atoms with E-state index in [2.05, 4.69) is 30.5 Å². The minimum absolute atomic E-state index is 0.698. The van der Waals surface area contributed by atoms with Gasteiger partial charge in [-0.05, 0) is 35.2 Å². The van der Waals surface area contributed by atoms with Gasteiger partial charge in [0.15, 0.2) is 0 Å².